The van der Waals surface area contributed by atoms with Crippen LogP contribution in [0.25, 0.3) is 6.08 Å². The van der Waals surface area contributed by atoms with E-state index in [0.29, 0.717) is 16.9 Å². The molecule has 7 heteroatoms. The first-order valence-electron chi connectivity index (χ1n) is 8.53. The summed E-state index contributed by atoms with van der Waals surface area (Å²) in [6.45, 7) is 9.59. The number of carbonyl (C=O) groups is 2. The molecule has 0 saturated carbocycles. The number of nitrogens with one attached hydrogen (secondary N) is 1. The zero-order valence-corrected chi connectivity index (χ0v) is 16.2. The molecule has 2 rings (SSSR count). The largest absolute Gasteiger partial charge is 0.496 e. The maximum absolute atomic E-state index is 11.4. The number of aldehydes is 1. The lowest BCUT2D eigenvalue weighted by Gasteiger charge is -2.32. The van der Waals surface area contributed by atoms with Gasteiger partial charge in [0.2, 0.25) is 5.91 Å². The Kier molecular flexibility index (Phi) is 5.93. The van der Waals surface area contributed by atoms with Crippen LogP contribution in [0.4, 0.5) is 0 Å². The van der Waals surface area contributed by atoms with Crippen molar-refractivity contribution in [1.29, 1.82) is 0 Å². The van der Waals surface area contributed by atoms with Crippen LogP contribution < -0.4 is 10.1 Å². The SMILES string of the molecule is COc1ccc(C=O)cc1C=C(CNC(C)=O)B1OC(C)(C)C(C)(C)O1. The summed E-state index contributed by atoms with van der Waals surface area (Å²) in [5.74, 6) is 0.466. The number of rotatable bonds is 6. The van der Waals surface area contributed by atoms with Crippen molar-refractivity contribution in [2.75, 3.05) is 13.7 Å². The van der Waals surface area contributed by atoms with E-state index in [9.17, 15) is 9.59 Å². The van der Waals surface area contributed by atoms with Gasteiger partial charge in [-0.3, -0.25) is 9.59 Å². The highest BCUT2D eigenvalue weighted by Gasteiger charge is 2.52. The van der Waals surface area contributed by atoms with Gasteiger partial charge in [-0.05, 0) is 51.4 Å². The van der Waals surface area contributed by atoms with Crippen LogP contribution in [0.5, 0.6) is 5.75 Å². The predicted molar refractivity (Wildman–Crippen MR) is 101 cm³/mol. The Morgan fingerprint density at radius 2 is 1.85 bits per heavy atom. The van der Waals surface area contributed by atoms with E-state index in [1.165, 1.54) is 6.92 Å². The minimum atomic E-state index is -0.614. The van der Waals surface area contributed by atoms with E-state index in [1.807, 2.05) is 33.8 Å². The molecule has 1 amide bonds. The first kappa shape index (κ1) is 20.2. The van der Waals surface area contributed by atoms with Gasteiger partial charge in [0.05, 0.1) is 18.3 Å². The molecule has 0 aliphatic carbocycles. The second-order valence-electron chi connectivity index (χ2n) is 7.34. The van der Waals surface area contributed by atoms with Gasteiger partial charge in [-0.1, -0.05) is 6.08 Å². The lowest BCUT2D eigenvalue weighted by atomic mass is 9.76. The summed E-state index contributed by atoms with van der Waals surface area (Å²) in [6.07, 6.45) is 2.61. The van der Waals surface area contributed by atoms with Crippen molar-refractivity contribution in [2.24, 2.45) is 0 Å². The van der Waals surface area contributed by atoms with Gasteiger partial charge in [0.1, 0.15) is 12.0 Å². The Morgan fingerprint density at radius 1 is 1.23 bits per heavy atom. The monoisotopic (exact) mass is 359 g/mol. The van der Waals surface area contributed by atoms with E-state index in [-0.39, 0.29) is 12.5 Å². The summed E-state index contributed by atoms with van der Waals surface area (Å²) >= 11 is 0. The standard InChI is InChI=1S/C19H26BNO5/c1-13(23)21-11-16(20-25-18(2,3)19(4,5)26-20)10-15-9-14(12-22)7-8-17(15)24-6/h7-10,12H,11H2,1-6H3,(H,21,23). The summed E-state index contributed by atoms with van der Waals surface area (Å²) in [5.41, 5.74) is 0.987. The molecule has 0 bridgehead atoms. The van der Waals surface area contributed by atoms with Crippen molar-refractivity contribution < 1.29 is 23.6 Å². The molecule has 0 atom stereocenters. The fraction of sp³-hybridized carbons (Fsp3) is 0.474. The molecule has 26 heavy (non-hydrogen) atoms. The van der Waals surface area contributed by atoms with Crippen LogP contribution in [0, 0.1) is 0 Å². The Balaban J connectivity index is 2.44. The molecule has 1 aromatic rings. The molecule has 6 nitrogen and oxygen atoms in total. The summed E-state index contributed by atoms with van der Waals surface area (Å²) in [5, 5.41) is 2.79. The molecule has 1 fully saturated rings. The van der Waals surface area contributed by atoms with Crippen molar-refractivity contribution in [3.05, 3.63) is 34.8 Å². The Bertz CT molecular complexity index is 711. The van der Waals surface area contributed by atoms with E-state index >= 15 is 0 Å². The van der Waals surface area contributed by atoms with Crippen molar-refractivity contribution in [1.82, 2.24) is 5.32 Å². The van der Waals surface area contributed by atoms with Crippen molar-refractivity contribution >= 4 is 25.4 Å². The quantitative estimate of drug-likeness (QED) is 0.624. The smallest absolute Gasteiger partial charge is 0.492 e. The molecule has 1 N–H and O–H groups in total. The molecule has 1 aromatic carbocycles. The third-order valence-corrected chi connectivity index (χ3v) is 4.83. The average Bonchev–Trinajstić information content (AvgIpc) is 2.78. The number of ether oxygens (including phenoxy) is 1. The summed E-state index contributed by atoms with van der Waals surface area (Å²) < 4.78 is 17.6. The molecular formula is C19H26BNO5. The summed E-state index contributed by atoms with van der Waals surface area (Å²) in [6, 6.07) is 5.14. The van der Waals surface area contributed by atoms with E-state index in [2.05, 4.69) is 5.32 Å². The molecule has 0 unspecified atom stereocenters. The first-order valence-corrected chi connectivity index (χ1v) is 8.53. The van der Waals surface area contributed by atoms with Crippen LogP contribution in [0.3, 0.4) is 0 Å². The highest BCUT2D eigenvalue weighted by Crippen LogP contribution is 2.39. The molecule has 0 radical (unpaired) electrons. The van der Waals surface area contributed by atoms with Gasteiger partial charge in [-0.15, -0.1) is 0 Å². The Morgan fingerprint density at radius 3 is 2.35 bits per heavy atom. The van der Waals surface area contributed by atoms with Gasteiger partial charge in [-0.25, -0.2) is 0 Å². The van der Waals surface area contributed by atoms with Crippen molar-refractivity contribution in [3.8, 4) is 5.75 Å². The fourth-order valence-electron chi connectivity index (χ4n) is 2.56. The van der Waals surface area contributed by atoms with Crippen LogP contribution in [-0.2, 0) is 14.1 Å². The van der Waals surface area contributed by atoms with Crippen molar-refractivity contribution in [3.63, 3.8) is 0 Å². The van der Waals surface area contributed by atoms with E-state index in [0.717, 1.165) is 11.8 Å². The van der Waals surface area contributed by atoms with Gasteiger partial charge in [0, 0.05) is 24.6 Å². The normalized spacial score (nSPS) is 18.5. The number of hydrogen-bond acceptors (Lipinski definition) is 5. The fourth-order valence-corrected chi connectivity index (χ4v) is 2.56. The summed E-state index contributed by atoms with van der Waals surface area (Å²) in [7, 11) is 0.951. The zero-order chi connectivity index (χ0) is 19.5. The van der Waals surface area contributed by atoms with Crippen LogP contribution >= 0.6 is 0 Å². The van der Waals surface area contributed by atoms with Crippen LogP contribution in [0.15, 0.2) is 23.7 Å². The second-order valence-corrected chi connectivity index (χ2v) is 7.34. The minimum absolute atomic E-state index is 0.152. The topological polar surface area (TPSA) is 73.9 Å². The molecule has 1 aliphatic heterocycles. The third-order valence-electron chi connectivity index (χ3n) is 4.83. The van der Waals surface area contributed by atoms with Gasteiger partial charge in [0.15, 0.2) is 0 Å². The number of amides is 1. The van der Waals surface area contributed by atoms with Gasteiger partial charge in [-0.2, -0.15) is 0 Å². The van der Waals surface area contributed by atoms with Gasteiger partial charge < -0.3 is 19.4 Å². The predicted octanol–water partition coefficient (Wildman–Crippen LogP) is 2.66. The molecule has 0 spiro atoms. The second kappa shape index (κ2) is 7.64. The van der Waals surface area contributed by atoms with Gasteiger partial charge >= 0.3 is 7.12 Å². The summed E-state index contributed by atoms with van der Waals surface area (Å²) in [4.78, 5) is 22.5. The van der Waals surface area contributed by atoms with Crippen LogP contribution in [0.2, 0.25) is 0 Å². The van der Waals surface area contributed by atoms with E-state index < -0.39 is 18.3 Å². The molecule has 1 saturated heterocycles. The highest BCUT2D eigenvalue weighted by atomic mass is 16.7. The first-order chi connectivity index (χ1) is 12.1. The van der Waals surface area contributed by atoms with Crippen LogP contribution in [-0.4, -0.2) is 44.2 Å². The molecule has 1 aliphatic rings. The number of hydrogen-bond donors (Lipinski definition) is 1. The van der Waals surface area contributed by atoms with Crippen molar-refractivity contribution in [2.45, 2.75) is 45.8 Å². The number of methoxy groups -OCH3 is 1. The van der Waals surface area contributed by atoms with E-state index in [1.54, 1.807) is 25.3 Å². The lowest BCUT2D eigenvalue weighted by molar-refractivity contribution is -0.118. The lowest BCUT2D eigenvalue weighted by Crippen LogP contribution is -2.41. The van der Waals surface area contributed by atoms with Gasteiger partial charge in [0.25, 0.3) is 0 Å². The Hall–Kier alpha value is -2.12. The van der Waals surface area contributed by atoms with Crippen LogP contribution in [0.1, 0.15) is 50.5 Å². The molecular weight excluding hydrogens is 333 g/mol. The number of benzene rings is 1. The number of carbonyl (C=O) groups excluding carboxylic acids is 2. The molecule has 0 aromatic heterocycles. The van der Waals surface area contributed by atoms with E-state index in [4.69, 9.17) is 14.0 Å². The average molecular weight is 359 g/mol. The Labute approximate surface area is 155 Å². The zero-order valence-electron chi connectivity index (χ0n) is 16.2. The third kappa shape index (κ3) is 4.34. The minimum Gasteiger partial charge on any atom is -0.496 e. The maximum atomic E-state index is 11.4. The highest BCUT2D eigenvalue weighted by molar-refractivity contribution is 6.56. The molecule has 1 heterocycles. The maximum Gasteiger partial charge on any atom is 0.492 e. The molecule has 140 valence electrons.